The van der Waals surface area contributed by atoms with Crippen LogP contribution in [0.3, 0.4) is 0 Å². The molecule has 0 aromatic heterocycles. The first-order valence-electron chi connectivity index (χ1n) is 11.4. The van der Waals surface area contributed by atoms with Crippen LogP contribution < -0.4 is 4.74 Å². The Kier molecular flexibility index (Phi) is 8.83. The Hall–Kier alpha value is -3.63. The number of benzene rings is 3. The van der Waals surface area contributed by atoms with E-state index in [1.54, 1.807) is 18.2 Å². The van der Waals surface area contributed by atoms with Crippen molar-refractivity contribution in [2.45, 2.75) is 46.0 Å². The summed E-state index contributed by atoms with van der Waals surface area (Å²) in [5.41, 5.74) is 3.21. The minimum Gasteiger partial charge on any atom is -0.494 e. The maximum absolute atomic E-state index is 14.5. The van der Waals surface area contributed by atoms with Crippen LogP contribution in [-0.4, -0.2) is 7.11 Å². The van der Waals surface area contributed by atoms with Gasteiger partial charge in [0.2, 0.25) is 0 Å². The van der Waals surface area contributed by atoms with Gasteiger partial charge in [0.15, 0.2) is 11.6 Å². The number of methoxy groups -OCH3 is 1. The number of hydrogen-bond acceptors (Lipinski definition) is 1. The molecule has 0 aliphatic heterocycles. The topological polar surface area (TPSA) is 9.23 Å². The second-order valence-electron chi connectivity index (χ2n) is 8.12. The molecule has 0 spiro atoms. The highest BCUT2D eigenvalue weighted by atomic mass is 19.1. The summed E-state index contributed by atoms with van der Waals surface area (Å²) in [6, 6.07) is 12.6. The van der Waals surface area contributed by atoms with Crippen molar-refractivity contribution in [1.29, 1.82) is 0 Å². The fourth-order valence-electron chi connectivity index (χ4n) is 3.55. The van der Waals surface area contributed by atoms with Gasteiger partial charge in [0, 0.05) is 16.7 Å². The average molecular weight is 461 g/mol. The van der Waals surface area contributed by atoms with Crippen LogP contribution in [0, 0.1) is 48.1 Å². The standard InChI is InChI=1S/C30H27F3O/c1-4-5-6-7-8-24-19-27(31)26(28(32)20-24)15-11-22-9-13-25(21(2)17-22)14-10-23-12-16-30(34-3)29(33)18-23/h9,12-13,16-20H,4-8H2,1-3H3. The molecule has 0 heterocycles. The first-order valence-corrected chi connectivity index (χ1v) is 11.4. The molecule has 174 valence electrons. The van der Waals surface area contributed by atoms with Crippen LogP contribution in [0.2, 0.25) is 0 Å². The quantitative estimate of drug-likeness (QED) is 0.276. The zero-order valence-electron chi connectivity index (χ0n) is 19.7. The van der Waals surface area contributed by atoms with E-state index >= 15 is 0 Å². The molecule has 0 unspecified atom stereocenters. The van der Waals surface area contributed by atoms with Crippen LogP contribution >= 0.6 is 0 Å². The summed E-state index contributed by atoms with van der Waals surface area (Å²) in [5, 5.41) is 0. The molecule has 1 nitrogen and oxygen atoms in total. The molecule has 0 aliphatic carbocycles. The molecule has 0 radical (unpaired) electrons. The molecular weight excluding hydrogens is 433 g/mol. The van der Waals surface area contributed by atoms with Gasteiger partial charge in [-0.1, -0.05) is 49.9 Å². The Morgan fingerprint density at radius 1 is 0.735 bits per heavy atom. The van der Waals surface area contributed by atoms with E-state index < -0.39 is 17.5 Å². The van der Waals surface area contributed by atoms with Crippen molar-refractivity contribution in [1.82, 2.24) is 0 Å². The Morgan fingerprint density at radius 3 is 2.06 bits per heavy atom. The lowest BCUT2D eigenvalue weighted by Crippen LogP contribution is -1.95. The summed E-state index contributed by atoms with van der Waals surface area (Å²) in [6.45, 7) is 4.00. The Balaban J connectivity index is 1.75. The summed E-state index contributed by atoms with van der Waals surface area (Å²) in [5.74, 6) is 9.85. The average Bonchev–Trinajstić information content (AvgIpc) is 2.81. The van der Waals surface area contributed by atoms with Crippen LogP contribution in [0.4, 0.5) is 13.2 Å². The fraction of sp³-hybridized carbons (Fsp3) is 0.267. The first-order chi connectivity index (χ1) is 16.4. The zero-order valence-corrected chi connectivity index (χ0v) is 19.7. The third-order valence-electron chi connectivity index (χ3n) is 5.47. The van der Waals surface area contributed by atoms with Gasteiger partial charge in [-0.3, -0.25) is 0 Å². The van der Waals surface area contributed by atoms with Gasteiger partial charge in [0.1, 0.15) is 11.6 Å². The molecule has 0 fully saturated rings. The number of rotatable bonds is 6. The van der Waals surface area contributed by atoms with Gasteiger partial charge in [-0.2, -0.15) is 0 Å². The van der Waals surface area contributed by atoms with Gasteiger partial charge in [-0.05, 0) is 79.4 Å². The summed E-state index contributed by atoms with van der Waals surface area (Å²) in [7, 11) is 1.41. The number of unbranched alkanes of at least 4 members (excludes halogenated alkanes) is 3. The molecule has 4 heteroatoms. The molecule has 3 rings (SSSR count). The normalized spacial score (nSPS) is 10.2. The molecule has 0 amide bonds. The van der Waals surface area contributed by atoms with Crippen molar-refractivity contribution in [2.24, 2.45) is 0 Å². The lowest BCUT2D eigenvalue weighted by Gasteiger charge is -2.04. The van der Waals surface area contributed by atoms with E-state index in [1.807, 2.05) is 13.0 Å². The smallest absolute Gasteiger partial charge is 0.166 e. The molecule has 34 heavy (non-hydrogen) atoms. The Morgan fingerprint density at radius 2 is 1.41 bits per heavy atom. The third-order valence-corrected chi connectivity index (χ3v) is 5.47. The van der Waals surface area contributed by atoms with Crippen molar-refractivity contribution < 1.29 is 17.9 Å². The molecular formula is C30H27F3O. The molecule has 3 aromatic rings. The molecule has 0 N–H and O–H groups in total. The van der Waals surface area contributed by atoms with E-state index in [1.165, 1.54) is 31.4 Å². The van der Waals surface area contributed by atoms with Crippen molar-refractivity contribution in [3.8, 4) is 29.4 Å². The van der Waals surface area contributed by atoms with Gasteiger partial charge >= 0.3 is 0 Å². The lowest BCUT2D eigenvalue weighted by molar-refractivity contribution is 0.386. The lowest BCUT2D eigenvalue weighted by atomic mass is 10.0. The minimum atomic E-state index is -0.635. The first kappa shape index (κ1) is 25.0. The SMILES string of the molecule is CCCCCCc1cc(F)c(C#Cc2ccc(C#Cc3ccc(OC)c(F)c3)c(C)c2)c(F)c1. The van der Waals surface area contributed by atoms with Crippen molar-refractivity contribution in [3.63, 3.8) is 0 Å². The molecule has 0 saturated carbocycles. The molecule has 0 atom stereocenters. The van der Waals surface area contributed by atoms with Crippen LogP contribution in [0.15, 0.2) is 48.5 Å². The second kappa shape index (κ2) is 12.0. The largest absolute Gasteiger partial charge is 0.494 e. The van der Waals surface area contributed by atoms with Crippen LogP contribution in [0.1, 0.15) is 66.0 Å². The zero-order chi connectivity index (χ0) is 24.5. The summed E-state index contributed by atoms with van der Waals surface area (Å²) in [6.07, 6.45) is 4.87. The van der Waals surface area contributed by atoms with Gasteiger partial charge in [-0.15, -0.1) is 0 Å². The number of halogens is 3. The van der Waals surface area contributed by atoms with Crippen molar-refractivity contribution in [3.05, 3.63) is 99.4 Å². The van der Waals surface area contributed by atoms with E-state index in [-0.39, 0.29) is 11.3 Å². The number of aryl methyl sites for hydroxylation is 2. The number of ether oxygens (including phenoxy) is 1. The fourth-order valence-corrected chi connectivity index (χ4v) is 3.55. The predicted molar refractivity (Wildman–Crippen MR) is 130 cm³/mol. The van der Waals surface area contributed by atoms with Crippen LogP contribution in [-0.2, 0) is 6.42 Å². The van der Waals surface area contributed by atoms with E-state index in [0.29, 0.717) is 23.1 Å². The monoisotopic (exact) mass is 460 g/mol. The van der Waals surface area contributed by atoms with Crippen molar-refractivity contribution in [2.75, 3.05) is 7.11 Å². The van der Waals surface area contributed by atoms with Gasteiger partial charge in [-0.25, -0.2) is 13.2 Å². The molecule has 0 aliphatic rings. The van der Waals surface area contributed by atoms with E-state index in [0.717, 1.165) is 36.8 Å². The molecule has 3 aromatic carbocycles. The third kappa shape index (κ3) is 6.69. The predicted octanol–water partition coefficient (Wildman–Crippen LogP) is 7.34. The van der Waals surface area contributed by atoms with Gasteiger partial charge < -0.3 is 4.74 Å². The maximum Gasteiger partial charge on any atom is 0.166 e. The highest BCUT2D eigenvalue weighted by molar-refractivity contribution is 5.52. The Labute approximate surface area is 200 Å². The number of hydrogen-bond donors (Lipinski definition) is 0. The van der Waals surface area contributed by atoms with Crippen molar-refractivity contribution >= 4 is 0 Å². The summed E-state index contributed by atoms with van der Waals surface area (Å²) in [4.78, 5) is 0. The van der Waals surface area contributed by atoms with Crippen LogP contribution in [0.5, 0.6) is 5.75 Å². The maximum atomic E-state index is 14.5. The van der Waals surface area contributed by atoms with E-state index in [4.69, 9.17) is 4.74 Å². The van der Waals surface area contributed by atoms with Crippen LogP contribution in [0.25, 0.3) is 0 Å². The summed E-state index contributed by atoms with van der Waals surface area (Å²) >= 11 is 0. The molecule has 0 bridgehead atoms. The summed E-state index contributed by atoms with van der Waals surface area (Å²) < 4.78 is 47.7. The molecule has 0 saturated heterocycles. The van der Waals surface area contributed by atoms with E-state index in [2.05, 4.69) is 30.6 Å². The highest BCUT2D eigenvalue weighted by Crippen LogP contribution is 2.19. The van der Waals surface area contributed by atoms with Gasteiger partial charge in [0.05, 0.1) is 12.7 Å². The highest BCUT2D eigenvalue weighted by Gasteiger charge is 2.09. The Bertz CT molecular complexity index is 1260. The van der Waals surface area contributed by atoms with E-state index in [9.17, 15) is 13.2 Å². The minimum absolute atomic E-state index is 0.166. The van der Waals surface area contributed by atoms with Gasteiger partial charge in [0.25, 0.3) is 0 Å². The second-order valence-corrected chi connectivity index (χ2v) is 8.12.